The van der Waals surface area contributed by atoms with E-state index in [1.54, 1.807) is 12.4 Å². The summed E-state index contributed by atoms with van der Waals surface area (Å²) in [6.07, 6.45) is 7.37. The van der Waals surface area contributed by atoms with Gasteiger partial charge in [0.25, 0.3) is 0 Å². The first-order chi connectivity index (χ1) is 11.3. The molecule has 0 aliphatic carbocycles. The Balaban J connectivity index is 1.80. The van der Waals surface area contributed by atoms with Gasteiger partial charge in [0.15, 0.2) is 0 Å². The van der Waals surface area contributed by atoms with Crippen LogP contribution in [-0.2, 0) is 0 Å². The van der Waals surface area contributed by atoms with Crippen LogP contribution in [0.4, 0.5) is 0 Å². The van der Waals surface area contributed by atoms with Gasteiger partial charge >= 0.3 is 0 Å². The summed E-state index contributed by atoms with van der Waals surface area (Å²) >= 11 is 1.42. The zero-order valence-electron chi connectivity index (χ0n) is 12.4. The monoisotopic (exact) mass is 319 g/mol. The smallest absolute Gasteiger partial charge is 0.146 e. The van der Waals surface area contributed by atoms with Crippen molar-refractivity contribution in [2.24, 2.45) is 0 Å². The van der Waals surface area contributed by atoms with Crippen molar-refractivity contribution in [2.45, 2.75) is 6.92 Å². The molecule has 0 aliphatic rings. The molecule has 0 fully saturated rings. The van der Waals surface area contributed by atoms with Crippen LogP contribution in [0.25, 0.3) is 28.3 Å². The molecule has 5 nitrogen and oxygen atoms in total. The van der Waals surface area contributed by atoms with Gasteiger partial charge in [-0.15, -0.1) is 0 Å². The third kappa shape index (κ3) is 2.64. The van der Waals surface area contributed by atoms with Crippen molar-refractivity contribution < 1.29 is 0 Å². The highest BCUT2D eigenvalue weighted by Gasteiger charge is 2.10. The molecule has 0 saturated heterocycles. The summed E-state index contributed by atoms with van der Waals surface area (Å²) < 4.78 is 6.22. The Bertz CT molecular complexity index is 943. The number of rotatable bonds is 3. The Hall–Kier alpha value is -2.86. The summed E-state index contributed by atoms with van der Waals surface area (Å²) in [7, 11) is 0. The number of nitrogens with zero attached hydrogens (tertiary/aromatic N) is 5. The van der Waals surface area contributed by atoms with E-state index >= 15 is 0 Å². The Kier molecular flexibility index (Phi) is 3.44. The summed E-state index contributed by atoms with van der Waals surface area (Å²) in [5.41, 5.74) is 4.02. The molecule has 112 valence electrons. The molecule has 1 aromatic carbocycles. The van der Waals surface area contributed by atoms with Crippen molar-refractivity contribution in [1.82, 2.24) is 23.9 Å². The molecule has 0 N–H and O–H groups in total. The highest BCUT2D eigenvalue weighted by atomic mass is 32.1. The first-order valence-electron chi connectivity index (χ1n) is 7.15. The van der Waals surface area contributed by atoms with Gasteiger partial charge in [-0.3, -0.25) is 4.57 Å². The van der Waals surface area contributed by atoms with Crippen molar-refractivity contribution in [3.05, 3.63) is 66.3 Å². The molecule has 0 atom stereocenters. The van der Waals surface area contributed by atoms with Crippen LogP contribution in [0.3, 0.4) is 0 Å². The van der Waals surface area contributed by atoms with Crippen LogP contribution in [0.5, 0.6) is 0 Å². The van der Waals surface area contributed by atoms with Gasteiger partial charge in [-0.2, -0.15) is 0 Å². The fourth-order valence-electron chi connectivity index (χ4n) is 2.47. The van der Waals surface area contributed by atoms with Gasteiger partial charge in [-0.05, 0) is 36.7 Å². The fourth-order valence-corrected chi connectivity index (χ4v) is 2.99. The number of aromatic nitrogens is 5. The van der Waals surface area contributed by atoms with Gasteiger partial charge in [0, 0.05) is 40.8 Å². The maximum absolute atomic E-state index is 4.49. The van der Waals surface area contributed by atoms with Crippen LogP contribution in [0, 0.1) is 6.92 Å². The van der Waals surface area contributed by atoms with Crippen LogP contribution >= 0.6 is 11.5 Å². The maximum Gasteiger partial charge on any atom is 0.146 e. The molecule has 0 radical (unpaired) electrons. The first kappa shape index (κ1) is 13.8. The van der Waals surface area contributed by atoms with Crippen molar-refractivity contribution >= 4 is 11.5 Å². The van der Waals surface area contributed by atoms with E-state index in [1.807, 2.05) is 42.9 Å². The zero-order chi connectivity index (χ0) is 15.6. The van der Waals surface area contributed by atoms with Gasteiger partial charge in [0.05, 0.1) is 11.9 Å². The number of aryl methyl sites for hydroxylation is 1. The van der Waals surface area contributed by atoms with Crippen molar-refractivity contribution in [3.63, 3.8) is 0 Å². The van der Waals surface area contributed by atoms with E-state index in [1.165, 1.54) is 11.5 Å². The lowest BCUT2D eigenvalue weighted by Crippen LogP contribution is -1.96. The molecule has 23 heavy (non-hydrogen) atoms. The lowest BCUT2D eigenvalue weighted by molar-refractivity contribution is 1.05. The first-order valence-corrected chi connectivity index (χ1v) is 7.98. The minimum atomic E-state index is 0.764. The molecule has 0 saturated carbocycles. The van der Waals surface area contributed by atoms with E-state index in [9.17, 15) is 0 Å². The normalized spacial score (nSPS) is 10.8. The van der Waals surface area contributed by atoms with Gasteiger partial charge in [0.1, 0.15) is 11.6 Å². The number of hydrogen-bond acceptors (Lipinski definition) is 5. The standard InChI is InChI=1S/C17H13N5S/c1-12-18-6-5-16(21-12)13-3-2-4-15(9-13)22-8-7-19-17(22)14-10-20-23-11-14/h2-11H,1H3. The summed E-state index contributed by atoms with van der Waals surface area (Å²) in [4.78, 5) is 13.1. The van der Waals surface area contributed by atoms with E-state index in [4.69, 9.17) is 0 Å². The van der Waals surface area contributed by atoms with Crippen molar-refractivity contribution in [2.75, 3.05) is 0 Å². The Morgan fingerprint density at radius 2 is 2.00 bits per heavy atom. The number of hydrogen-bond donors (Lipinski definition) is 0. The molecule has 4 aromatic rings. The number of imidazole rings is 1. The molecule has 3 heterocycles. The van der Waals surface area contributed by atoms with Gasteiger partial charge in [-0.1, -0.05) is 12.1 Å². The Morgan fingerprint density at radius 1 is 1.04 bits per heavy atom. The van der Waals surface area contributed by atoms with Gasteiger partial charge in [-0.25, -0.2) is 19.3 Å². The molecule has 0 unspecified atom stereocenters. The maximum atomic E-state index is 4.49. The van der Waals surface area contributed by atoms with Crippen LogP contribution in [0.1, 0.15) is 5.82 Å². The molecular weight excluding hydrogens is 306 g/mol. The van der Waals surface area contributed by atoms with Crippen LogP contribution in [0.2, 0.25) is 0 Å². The zero-order valence-corrected chi connectivity index (χ0v) is 13.2. The molecule has 6 heteroatoms. The Labute approximate surface area is 137 Å². The van der Waals surface area contributed by atoms with E-state index in [2.05, 4.69) is 36.0 Å². The van der Waals surface area contributed by atoms with Crippen molar-refractivity contribution in [1.29, 1.82) is 0 Å². The summed E-state index contributed by atoms with van der Waals surface area (Å²) in [6.45, 7) is 1.89. The topological polar surface area (TPSA) is 56.5 Å². The summed E-state index contributed by atoms with van der Waals surface area (Å²) in [5, 5.41) is 2.00. The third-order valence-corrected chi connectivity index (χ3v) is 4.11. The average Bonchev–Trinajstić information content (AvgIpc) is 3.26. The highest BCUT2D eigenvalue weighted by Crippen LogP contribution is 2.25. The SMILES string of the molecule is Cc1nccc(-c2cccc(-n3ccnc3-c3cnsc3)c2)n1. The predicted octanol–water partition coefficient (Wildman–Crippen LogP) is 3.76. The predicted molar refractivity (Wildman–Crippen MR) is 90.4 cm³/mol. The van der Waals surface area contributed by atoms with Gasteiger partial charge in [0.2, 0.25) is 0 Å². The number of benzene rings is 1. The second-order valence-electron chi connectivity index (χ2n) is 5.07. The van der Waals surface area contributed by atoms with Crippen LogP contribution in [-0.4, -0.2) is 23.9 Å². The van der Waals surface area contributed by atoms with Crippen LogP contribution in [0.15, 0.2) is 60.5 Å². The third-order valence-electron chi connectivity index (χ3n) is 3.53. The van der Waals surface area contributed by atoms with Crippen molar-refractivity contribution in [3.8, 4) is 28.3 Å². The van der Waals surface area contributed by atoms with E-state index in [-0.39, 0.29) is 0 Å². The van der Waals surface area contributed by atoms with E-state index in [0.717, 1.165) is 34.2 Å². The largest absolute Gasteiger partial charge is 0.300 e. The second kappa shape index (κ2) is 5.73. The molecule has 4 rings (SSSR count). The quantitative estimate of drug-likeness (QED) is 0.577. The highest BCUT2D eigenvalue weighted by molar-refractivity contribution is 7.03. The molecule has 0 aliphatic heterocycles. The second-order valence-corrected chi connectivity index (χ2v) is 5.73. The Morgan fingerprint density at radius 3 is 2.83 bits per heavy atom. The molecule has 3 aromatic heterocycles. The minimum absolute atomic E-state index is 0.764. The van der Waals surface area contributed by atoms with E-state index < -0.39 is 0 Å². The fraction of sp³-hybridized carbons (Fsp3) is 0.0588. The summed E-state index contributed by atoms with van der Waals surface area (Å²) in [5.74, 6) is 1.65. The lowest BCUT2D eigenvalue weighted by atomic mass is 10.1. The molecule has 0 bridgehead atoms. The molecule has 0 spiro atoms. The summed E-state index contributed by atoms with van der Waals surface area (Å²) in [6, 6.07) is 10.2. The average molecular weight is 319 g/mol. The van der Waals surface area contributed by atoms with Gasteiger partial charge < -0.3 is 0 Å². The molecule has 0 amide bonds. The molecular formula is C17H13N5S. The van der Waals surface area contributed by atoms with Crippen LogP contribution < -0.4 is 0 Å². The lowest BCUT2D eigenvalue weighted by Gasteiger charge is -2.09. The minimum Gasteiger partial charge on any atom is -0.300 e. The van der Waals surface area contributed by atoms with E-state index in [0.29, 0.717) is 0 Å².